The number of amides is 1. The molecule has 2 aromatic rings. The van der Waals surface area contributed by atoms with E-state index in [4.69, 9.17) is 0 Å². The Morgan fingerprint density at radius 2 is 1.92 bits per heavy atom. The van der Waals surface area contributed by atoms with Crippen molar-refractivity contribution in [1.29, 1.82) is 0 Å². The molecule has 25 heavy (non-hydrogen) atoms. The van der Waals surface area contributed by atoms with E-state index in [1.165, 1.54) is 4.90 Å². The average Bonchev–Trinajstić information content (AvgIpc) is 2.93. The van der Waals surface area contributed by atoms with Gasteiger partial charge in [-0.3, -0.25) is 4.79 Å². The number of aliphatic hydroxyl groups excluding tert-OH is 1. The zero-order chi connectivity index (χ0) is 18.1. The maximum Gasteiger partial charge on any atom is 0.225 e. The molecule has 0 aliphatic carbocycles. The summed E-state index contributed by atoms with van der Waals surface area (Å²) < 4.78 is 41.6. The molecule has 1 atom stereocenters. The summed E-state index contributed by atoms with van der Waals surface area (Å²) in [7, 11) is 0. The molecule has 134 valence electrons. The van der Waals surface area contributed by atoms with Gasteiger partial charge in [-0.1, -0.05) is 0 Å². The summed E-state index contributed by atoms with van der Waals surface area (Å²) in [5.74, 6) is -2.32. The van der Waals surface area contributed by atoms with Crippen LogP contribution in [0.25, 0.3) is 0 Å². The van der Waals surface area contributed by atoms with Crippen LogP contribution >= 0.6 is 0 Å². The van der Waals surface area contributed by atoms with E-state index in [0.29, 0.717) is 31.0 Å². The van der Waals surface area contributed by atoms with Crippen molar-refractivity contribution in [3.05, 3.63) is 46.8 Å². The summed E-state index contributed by atoms with van der Waals surface area (Å²) in [6, 6.07) is 1.13. The normalized spacial score (nSPS) is 15.2. The smallest absolute Gasteiger partial charge is 0.225 e. The second-order valence-electron chi connectivity index (χ2n) is 6.05. The van der Waals surface area contributed by atoms with Crippen molar-refractivity contribution in [3.8, 4) is 0 Å². The molecule has 0 bridgehead atoms. The van der Waals surface area contributed by atoms with Gasteiger partial charge in [0.25, 0.3) is 0 Å². The van der Waals surface area contributed by atoms with Gasteiger partial charge in [0.05, 0.1) is 19.1 Å². The molecule has 1 aromatic carbocycles. The third-order valence-corrected chi connectivity index (χ3v) is 4.25. The molecular weight excluding hydrogens is 337 g/mol. The Hall–Kier alpha value is -2.42. The SMILES string of the molecule is Cc1nnc2n1CCN(C(=O)CC(O)Cc1cc(F)c(F)cc1F)C2. The molecule has 0 radical (unpaired) electrons. The van der Waals surface area contributed by atoms with E-state index in [1.54, 1.807) is 0 Å². The maximum atomic E-state index is 13.6. The number of aryl methyl sites for hydroxylation is 1. The monoisotopic (exact) mass is 354 g/mol. The fourth-order valence-electron chi connectivity index (χ4n) is 2.89. The zero-order valence-corrected chi connectivity index (χ0v) is 13.5. The van der Waals surface area contributed by atoms with E-state index in [1.807, 2.05) is 11.5 Å². The number of fused-ring (bicyclic) bond motifs is 1. The summed E-state index contributed by atoms with van der Waals surface area (Å²) in [6.45, 7) is 3.13. The number of nitrogens with zero attached hydrogens (tertiary/aromatic N) is 4. The standard InChI is InChI=1S/C16H17F3N4O2/c1-9-20-21-15-8-22(2-3-23(9)15)16(25)6-11(24)4-10-5-13(18)14(19)7-12(10)17/h5,7,11,24H,2-4,6,8H2,1H3. The number of carbonyl (C=O) groups excluding carboxylic acids is 1. The lowest BCUT2D eigenvalue weighted by Crippen LogP contribution is -2.40. The lowest BCUT2D eigenvalue weighted by molar-refractivity contribution is -0.134. The number of hydrogen-bond acceptors (Lipinski definition) is 4. The summed E-state index contributed by atoms with van der Waals surface area (Å²) in [6.07, 6.45) is -1.72. The molecule has 1 amide bonds. The van der Waals surface area contributed by atoms with E-state index < -0.39 is 23.6 Å². The Morgan fingerprint density at radius 1 is 1.20 bits per heavy atom. The van der Waals surface area contributed by atoms with Gasteiger partial charge in [-0.05, 0) is 18.6 Å². The van der Waals surface area contributed by atoms with E-state index in [2.05, 4.69) is 10.2 Å². The number of benzene rings is 1. The van der Waals surface area contributed by atoms with Gasteiger partial charge in [0.1, 0.15) is 11.6 Å². The number of hydrogen-bond donors (Lipinski definition) is 1. The van der Waals surface area contributed by atoms with Crippen molar-refractivity contribution in [2.75, 3.05) is 6.54 Å². The van der Waals surface area contributed by atoms with E-state index in [9.17, 15) is 23.1 Å². The minimum atomic E-state index is -1.29. The van der Waals surface area contributed by atoms with Crippen LogP contribution in [0.15, 0.2) is 12.1 Å². The van der Waals surface area contributed by atoms with E-state index >= 15 is 0 Å². The van der Waals surface area contributed by atoms with Crippen LogP contribution in [-0.2, 0) is 24.3 Å². The Labute approximate surface area is 141 Å². The second kappa shape index (κ2) is 6.83. The zero-order valence-electron chi connectivity index (χ0n) is 13.5. The van der Waals surface area contributed by atoms with Crippen molar-refractivity contribution in [2.45, 2.75) is 39.0 Å². The minimum Gasteiger partial charge on any atom is -0.392 e. The van der Waals surface area contributed by atoms with Gasteiger partial charge in [0.15, 0.2) is 17.5 Å². The highest BCUT2D eigenvalue weighted by Crippen LogP contribution is 2.18. The van der Waals surface area contributed by atoms with E-state index in [0.717, 1.165) is 5.82 Å². The first kappa shape index (κ1) is 17.4. The average molecular weight is 354 g/mol. The molecule has 2 heterocycles. The van der Waals surface area contributed by atoms with Crippen molar-refractivity contribution < 1.29 is 23.1 Å². The lowest BCUT2D eigenvalue weighted by atomic mass is 10.0. The molecule has 0 saturated heterocycles. The molecule has 1 unspecified atom stereocenters. The first-order valence-corrected chi connectivity index (χ1v) is 7.83. The van der Waals surface area contributed by atoms with Crippen LogP contribution in [0.5, 0.6) is 0 Å². The Bertz CT molecular complexity index is 809. The fourth-order valence-corrected chi connectivity index (χ4v) is 2.89. The number of rotatable bonds is 4. The molecule has 0 saturated carbocycles. The summed E-state index contributed by atoms with van der Waals surface area (Å²) in [5, 5.41) is 18.0. The lowest BCUT2D eigenvalue weighted by Gasteiger charge is -2.28. The first-order chi connectivity index (χ1) is 11.8. The molecule has 3 rings (SSSR count). The number of aromatic nitrogens is 3. The quantitative estimate of drug-likeness (QED) is 0.841. The van der Waals surface area contributed by atoms with Crippen molar-refractivity contribution in [2.24, 2.45) is 0 Å². The summed E-state index contributed by atoms with van der Waals surface area (Å²) >= 11 is 0. The van der Waals surface area contributed by atoms with Gasteiger partial charge >= 0.3 is 0 Å². The van der Waals surface area contributed by atoms with Crippen LogP contribution in [-0.4, -0.2) is 43.3 Å². The Balaban J connectivity index is 1.61. The molecular formula is C16H17F3N4O2. The molecule has 6 nitrogen and oxygen atoms in total. The Morgan fingerprint density at radius 3 is 2.68 bits per heavy atom. The fraction of sp³-hybridized carbons (Fsp3) is 0.438. The van der Waals surface area contributed by atoms with Gasteiger partial charge in [-0.2, -0.15) is 0 Å². The van der Waals surface area contributed by atoms with Gasteiger partial charge < -0.3 is 14.6 Å². The molecule has 1 aliphatic heterocycles. The number of carbonyl (C=O) groups is 1. The molecule has 1 N–H and O–H groups in total. The summed E-state index contributed by atoms with van der Waals surface area (Å²) in [4.78, 5) is 13.8. The van der Waals surface area contributed by atoms with Crippen LogP contribution in [0.1, 0.15) is 23.6 Å². The highest BCUT2D eigenvalue weighted by atomic mass is 19.2. The van der Waals surface area contributed by atoms with Crippen molar-refractivity contribution >= 4 is 5.91 Å². The Kier molecular flexibility index (Phi) is 4.76. The largest absolute Gasteiger partial charge is 0.392 e. The van der Waals surface area contributed by atoms with E-state index in [-0.39, 0.29) is 30.9 Å². The van der Waals surface area contributed by atoms with Crippen LogP contribution < -0.4 is 0 Å². The molecule has 1 aliphatic rings. The van der Waals surface area contributed by atoms with Crippen LogP contribution in [0.4, 0.5) is 13.2 Å². The second-order valence-corrected chi connectivity index (χ2v) is 6.05. The third-order valence-electron chi connectivity index (χ3n) is 4.25. The summed E-state index contributed by atoms with van der Waals surface area (Å²) in [5.41, 5.74) is -0.173. The topological polar surface area (TPSA) is 71.2 Å². The molecule has 0 fully saturated rings. The predicted octanol–water partition coefficient (Wildman–Crippen LogP) is 1.34. The van der Waals surface area contributed by atoms with Gasteiger partial charge in [0, 0.05) is 25.6 Å². The van der Waals surface area contributed by atoms with Crippen LogP contribution in [0, 0.1) is 24.4 Å². The highest BCUT2D eigenvalue weighted by Gasteiger charge is 2.25. The number of aliphatic hydroxyl groups is 1. The van der Waals surface area contributed by atoms with Crippen LogP contribution in [0.3, 0.4) is 0 Å². The van der Waals surface area contributed by atoms with Gasteiger partial charge in [0.2, 0.25) is 5.91 Å². The van der Waals surface area contributed by atoms with Gasteiger partial charge in [-0.25, -0.2) is 13.2 Å². The molecule has 0 spiro atoms. The van der Waals surface area contributed by atoms with Crippen molar-refractivity contribution in [3.63, 3.8) is 0 Å². The maximum absolute atomic E-state index is 13.6. The third kappa shape index (κ3) is 3.65. The van der Waals surface area contributed by atoms with Crippen molar-refractivity contribution in [1.82, 2.24) is 19.7 Å². The molecule has 1 aromatic heterocycles. The molecule has 9 heteroatoms. The first-order valence-electron chi connectivity index (χ1n) is 7.83. The number of halogens is 3. The predicted molar refractivity (Wildman–Crippen MR) is 80.8 cm³/mol. The van der Waals surface area contributed by atoms with Crippen LogP contribution in [0.2, 0.25) is 0 Å². The van der Waals surface area contributed by atoms with Gasteiger partial charge in [-0.15, -0.1) is 10.2 Å². The minimum absolute atomic E-state index is 0.173. The highest BCUT2D eigenvalue weighted by molar-refractivity contribution is 5.76.